The predicted octanol–water partition coefficient (Wildman–Crippen LogP) is 3.41. The van der Waals surface area contributed by atoms with Crippen LogP contribution in [0.4, 0.5) is 5.69 Å². The van der Waals surface area contributed by atoms with Crippen LogP contribution in [0.5, 0.6) is 0 Å². The highest BCUT2D eigenvalue weighted by Crippen LogP contribution is 2.28. The normalized spacial score (nSPS) is 15.7. The van der Waals surface area contributed by atoms with Crippen LogP contribution in [-0.2, 0) is 11.3 Å². The van der Waals surface area contributed by atoms with Crippen LogP contribution in [-0.4, -0.2) is 24.2 Å². The van der Waals surface area contributed by atoms with Crippen LogP contribution in [0.3, 0.4) is 0 Å². The molecule has 0 heterocycles. The summed E-state index contributed by atoms with van der Waals surface area (Å²) in [6.07, 6.45) is 5.34. The standard InChI is InChI=1S/C14H19BrN2O3/c15-14-11(4-3-7-13(14)17(18)19)10-16-8-9-20-12-5-1-2-6-12/h3-4,7,12,16H,1-2,5-6,8-10H2. The van der Waals surface area contributed by atoms with Crippen molar-refractivity contribution in [2.24, 2.45) is 0 Å². The summed E-state index contributed by atoms with van der Waals surface area (Å²) >= 11 is 3.29. The topological polar surface area (TPSA) is 64.4 Å². The van der Waals surface area contributed by atoms with Gasteiger partial charge >= 0.3 is 0 Å². The lowest BCUT2D eigenvalue weighted by atomic mass is 10.2. The molecule has 110 valence electrons. The highest BCUT2D eigenvalue weighted by molar-refractivity contribution is 9.10. The number of halogens is 1. The first kappa shape index (κ1) is 15.4. The molecule has 0 atom stereocenters. The highest BCUT2D eigenvalue weighted by atomic mass is 79.9. The lowest BCUT2D eigenvalue weighted by molar-refractivity contribution is -0.385. The lowest BCUT2D eigenvalue weighted by Gasteiger charge is -2.12. The second-order valence-corrected chi connectivity index (χ2v) is 5.75. The molecule has 6 heteroatoms. The van der Waals surface area contributed by atoms with E-state index in [1.54, 1.807) is 6.07 Å². The molecule has 5 nitrogen and oxygen atoms in total. The number of rotatable bonds is 7. The van der Waals surface area contributed by atoms with E-state index in [0.29, 0.717) is 23.7 Å². The average Bonchev–Trinajstić information content (AvgIpc) is 2.93. The maximum Gasteiger partial charge on any atom is 0.283 e. The molecule has 0 aliphatic heterocycles. The summed E-state index contributed by atoms with van der Waals surface area (Å²) < 4.78 is 6.30. The Labute approximate surface area is 127 Å². The number of hydrogen-bond donors (Lipinski definition) is 1. The van der Waals surface area contributed by atoms with E-state index in [9.17, 15) is 10.1 Å². The number of nitro benzene ring substituents is 1. The molecule has 2 rings (SSSR count). The van der Waals surface area contributed by atoms with Gasteiger partial charge in [0.2, 0.25) is 0 Å². The zero-order valence-corrected chi connectivity index (χ0v) is 12.9. The number of benzene rings is 1. The molecule has 0 aromatic heterocycles. The van der Waals surface area contributed by atoms with Crippen molar-refractivity contribution in [1.29, 1.82) is 0 Å². The third kappa shape index (κ3) is 4.26. The smallest absolute Gasteiger partial charge is 0.283 e. The van der Waals surface area contributed by atoms with Crippen LogP contribution in [0.2, 0.25) is 0 Å². The Morgan fingerprint density at radius 2 is 2.15 bits per heavy atom. The largest absolute Gasteiger partial charge is 0.377 e. The number of ether oxygens (including phenoxy) is 1. The van der Waals surface area contributed by atoms with E-state index in [2.05, 4.69) is 21.2 Å². The molecule has 1 aromatic carbocycles. The van der Waals surface area contributed by atoms with Gasteiger partial charge in [0.1, 0.15) is 0 Å². The Kier molecular flexibility index (Phi) is 5.94. The van der Waals surface area contributed by atoms with Crippen LogP contribution in [0.1, 0.15) is 31.2 Å². The van der Waals surface area contributed by atoms with Crippen molar-refractivity contribution in [2.45, 2.75) is 38.3 Å². The van der Waals surface area contributed by atoms with Crippen LogP contribution < -0.4 is 5.32 Å². The molecule has 1 aliphatic carbocycles. The van der Waals surface area contributed by atoms with Crippen LogP contribution in [0.15, 0.2) is 22.7 Å². The summed E-state index contributed by atoms with van der Waals surface area (Å²) in [6.45, 7) is 2.04. The molecule has 20 heavy (non-hydrogen) atoms. The first-order chi connectivity index (χ1) is 9.68. The van der Waals surface area contributed by atoms with Crippen molar-refractivity contribution < 1.29 is 9.66 Å². The van der Waals surface area contributed by atoms with Crippen molar-refractivity contribution in [1.82, 2.24) is 5.32 Å². The molecule has 1 aliphatic rings. The minimum absolute atomic E-state index is 0.103. The molecule has 0 bridgehead atoms. The molecule has 1 N–H and O–H groups in total. The van der Waals surface area contributed by atoms with E-state index in [-0.39, 0.29) is 10.6 Å². The summed E-state index contributed by atoms with van der Waals surface area (Å²) in [4.78, 5) is 10.5. The minimum Gasteiger partial charge on any atom is -0.377 e. The summed E-state index contributed by atoms with van der Waals surface area (Å²) in [5.74, 6) is 0. The molecular weight excluding hydrogens is 324 g/mol. The van der Waals surface area contributed by atoms with E-state index >= 15 is 0 Å². The van der Waals surface area contributed by atoms with E-state index in [0.717, 1.165) is 12.1 Å². The Morgan fingerprint density at radius 1 is 1.40 bits per heavy atom. The molecule has 0 spiro atoms. The van der Waals surface area contributed by atoms with Gasteiger partial charge in [0.15, 0.2) is 0 Å². The third-order valence-electron chi connectivity index (χ3n) is 3.51. The summed E-state index contributed by atoms with van der Waals surface area (Å²) in [5.41, 5.74) is 0.992. The van der Waals surface area contributed by atoms with E-state index in [4.69, 9.17) is 4.74 Å². The van der Waals surface area contributed by atoms with E-state index < -0.39 is 0 Å². The second kappa shape index (κ2) is 7.71. The predicted molar refractivity (Wildman–Crippen MR) is 80.7 cm³/mol. The van der Waals surface area contributed by atoms with Gasteiger partial charge < -0.3 is 10.1 Å². The summed E-state index contributed by atoms with van der Waals surface area (Å²) in [7, 11) is 0. The van der Waals surface area contributed by atoms with Crippen LogP contribution >= 0.6 is 15.9 Å². The Bertz CT molecular complexity index is 462. The summed E-state index contributed by atoms with van der Waals surface area (Å²) in [5, 5.41) is 14.1. The monoisotopic (exact) mass is 342 g/mol. The van der Waals surface area contributed by atoms with Crippen molar-refractivity contribution in [3.63, 3.8) is 0 Å². The second-order valence-electron chi connectivity index (χ2n) is 4.96. The third-order valence-corrected chi connectivity index (χ3v) is 4.42. The van der Waals surface area contributed by atoms with Crippen molar-refractivity contribution in [3.05, 3.63) is 38.3 Å². The molecule has 0 amide bonds. The fraction of sp³-hybridized carbons (Fsp3) is 0.571. The molecular formula is C14H19BrN2O3. The van der Waals surface area contributed by atoms with Crippen molar-refractivity contribution >= 4 is 21.6 Å². The average molecular weight is 343 g/mol. The molecule has 1 saturated carbocycles. The van der Waals surface area contributed by atoms with Gasteiger partial charge in [0, 0.05) is 19.2 Å². The van der Waals surface area contributed by atoms with Crippen LogP contribution in [0.25, 0.3) is 0 Å². The number of nitrogens with zero attached hydrogens (tertiary/aromatic N) is 1. The Hall–Kier alpha value is -0.980. The maximum absolute atomic E-state index is 10.8. The maximum atomic E-state index is 10.8. The minimum atomic E-state index is -0.378. The van der Waals surface area contributed by atoms with Gasteiger partial charge in [-0.25, -0.2) is 0 Å². The SMILES string of the molecule is O=[N+]([O-])c1cccc(CNCCOC2CCCC2)c1Br. The zero-order valence-electron chi connectivity index (χ0n) is 11.3. The number of hydrogen-bond acceptors (Lipinski definition) is 4. The van der Waals surface area contributed by atoms with Gasteiger partial charge in [-0.15, -0.1) is 0 Å². The molecule has 1 fully saturated rings. The van der Waals surface area contributed by atoms with Gasteiger partial charge in [-0.05, 0) is 34.3 Å². The van der Waals surface area contributed by atoms with Gasteiger partial charge in [-0.2, -0.15) is 0 Å². The first-order valence-electron chi connectivity index (χ1n) is 6.92. The van der Waals surface area contributed by atoms with E-state index in [1.165, 1.54) is 31.7 Å². The first-order valence-corrected chi connectivity index (χ1v) is 7.72. The van der Waals surface area contributed by atoms with E-state index in [1.807, 2.05) is 6.07 Å². The molecule has 0 radical (unpaired) electrons. The van der Waals surface area contributed by atoms with Gasteiger partial charge in [-0.1, -0.05) is 25.0 Å². The molecule has 1 aromatic rings. The fourth-order valence-corrected chi connectivity index (χ4v) is 2.97. The molecule has 0 saturated heterocycles. The van der Waals surface area contributed by atoms with Crippen LogP contribution in [0, 0.1) is 10.1 Å². The molecule has 0 unspecified atom stereocenters. The number of nitrogens with one attached hydrogen (secondary N) is 1. The van der Waals surface area contributed by atoms with Gasteiger partial charge in [0.05, 0.1) is 22.1 Å². The van der Waals surface area contributed by atoms with Gasteiger partial charge in [-0.3, -0.25) is 10.1 Å². The fourth-order valence-electron chi connectivity index (χ4n) is 2.42. The van der Waals surface area contributed by atoms with Crippen molar-refractivity contribution in [3.8, 4) is 0 Å². The Balaban J connectivity index is 1.73. The Morgan fingerprint density at radius 3 is 2.85 bits per heavy atom. The highest BCUT2D eigenvalue weighted by Gasteiger charge is 2.15. The van der Waals surface area contributed by atoms with Gasteiger partial charge in [0.25, 0.3) is 5.69 Å². The number of nitro groups is 1. The lowest BCUT2D eigenvalue weighted by Crippen LogP contribution is -2.22. The zero-order chi connectivity index (χ0) is 14.4. The van der Waals surface area contributed by atoms with Crippen molar-refractivity contribution in [2.75, 3.05) is 13.2 Å². The summed E-state index contributed by atoms with van der Waals surface area (Å²) in [6, 6.07) is 5.08. The quantitative estimate of drug-likeness (QED) is 0.468.